The maximum atomic E-state index is 12.6. The average Bonchev–Trinajstić information content (AvgIpc) is 3.21. The van der Waals surface area contributed by atoms with E-state index in [1.54, 1.807) is 12.4 Å². The molecule has 33 heavy (non-hydrogen) atoms. The van der Waals surface area contributed by atoms with Crippen LogP contribution in [-0.4, -0.2) is 50.9 Å². The van der Waals surface area contributed by atoms with Crippen LogP contribution in [-0.2, 0) is 24.4 Å². The normalized spacial score (nSPS) is 16.3. The summed E-state index contributed by atoms with van der Waals surface area (Å²) in [5.74, 6) is -1.21. The molecule has 0 radical (unpaired) electrons. The summed E-state index contributed by atoms with van der Waals surface area (Å²) >= 11 is 0. The fourth-order valence-corrected chi connectivity index (χ4v) is 3.65. The van der Waals surface area contributed by atoms with Gasteiger partial charge in [-0.2, -0.15) is 13.2 Å². The van der Waals surface area contributed by atoms with Crippen molar-refractivity contribution < 1.29 is 37.1 Å². The number of carbonyl (C=O) groups is 2. The number of carboxylic acid groups (broad SMARTS) is 1. The first-order chi connectivity index (χ1) is 15.7. The number of hydrogen-bond donors (Lipinski definition) is 2. The Morgan fingerprint density at radius 3 is 2.64 bits per heavy atom. The van der Waals surface area contributed by atoms with Gasteiger partial charge in [0.15, 0.2) is 0 Å². The first-order valence-corrected chi connectivity index (χ1v) is 10.6. The Balaban J connectivity index is 0.000000383. The number of nitrogens with one attached hydrogen (secondary N) is 1. The van der Waals surface area contributed by atoms with Crippen LogP contribution in [0.4, 0.5) is 18.0 Å². The molecule has 2 aromatic rings. The first kappa shape index (κ1) is 24.3. The van der Waals surface area contributed by atoms with Gasteiger partial charge in [-0.3, -0.25) is 4.98 Å². The highest BCUT2D eigenvalue weighted by Crippen LogP contribution is 2.24. The Bertz CT molecular complexity index is 930. The monoisotopic (exact) mass is 470 g/mol. The molecule has 0 aromatic carbocycles. The van der Waals surface area contributed by atoms with Crippen LogP contribution in [0.1, 0.15) is 49.1 Å². The van der Waals surface area contributed by atoms with Crippen molar-refractivity contribution in [3.63, 3.8) is 0 Å². The van der Waals surface area contributed by atoms with E-state index in [1.165, 1.54) is 19.3 Å². The molecular weight excluding hydrogens is 445 g/mol. The van der Waals surface area contributed by atoms with Crippen molar-refractivity contribution in [3.05, 3.63) is 41.5 Å². The van der Waals surface area contributed by atoms with E-state index in [0.29, 0.717) is 37.9 Å². The zero-order valence-electron chi connectivity index (χ0n) is 17.8. The number of nitrogens with zero attached hydrogens (tertiary/aromatic N) is 3. The fraction of sp³-hybridized carbons (Fsp3) is 0.524. The van der Waals surface area contributed by atoms with Gasteiger partial charge in [0.25, 0.3) is 0 Å². The summed E-state index contributed by atoms with van der Waals surface area (Å²) in [6.45, 7) is 1.48. The van der Waals surface area contributed by atoms with E-state index in [-0.39, 0.29) is 6.03 Å². The van der Waals surface area contributed by atoms with Gasteiger partial charge >= 0.3 is 18.2 Å². The van der Waals surface area contributed by atoms with Crippen LogP contribution in [0.15, 0.2) is 29.0 Å². The van der Waals surface area contributed by atoms with Crippen LogP contribution in [0.2, 0.25) is 0 Å². The second-order valence-electron chi connectivity index (χ2n) is 7.77. The van der Waals surface area contributed by atoms with Crippen LogP contribution < -0.4 is 10.1 Å². The molecule has 1 aliphatic carbocycles. The van der Waals surface area contributed by atoms with Gasteiger partial charge in [-0.05, 0) is 25.0 Å². The molecule has 9 nitrogen and oxygen atoms in total. The number of alkyl halides is 3. The van der Waals surface area contributed by atoms with Gasteiger partial charge in [-0.1, -0.05) is 24.4 Å². The molecule has 2 aromatic heterocycles. The van der Waals surface area contributed by atoms with Gasteiger partial charge in [0.1, 0.15) is 23.8 Å². The summed E-state index contributed by atoms with van der Waals surface area (Å²) in [4.78, 5) is 27.4. The van der Waals surface area contributed by atoms with Crippen molar-refractivity contribution in [2.45, 2.75) is 63.9 Å². The number of rotatable bonds is 4. The number of urea groups is 1. The number of aliphatic carboxylic acids is 1. The first-order valence-electron chi connectivity index (χ1n) is 10.6. The molecule has 0 unspecified atom stereocenters. The Labute approximate surface area is 187 Å². The number of aromatic nitrogens is 2. The van der Waals surface area contributed by atoms with Crippen molar-refractivity contribution in [1.82, 2.24) is 20.4 Å². The van der Waals surface area contributed by atoms with Crippen molar-refractivity contribution >= 4 is 12.0 Å². The van der Waals surface area contributed by atoms with Gasteiger partial charge in [0.05, 0.1) is 12.7 Å². The molecule has 180 valence electrons. The van der Waals surface area contributed by atoms with E-state index in [4.69, 9.17) is 19.2 Å². The maximum absolute atomic E-state index is 12.6. The highest BCUT2D eigenvalue weighted by Gasteiger charge is 2.38. The molecule has 2 amide bonds. The summed E-state index contributed by atoms with van der Waals surface area (Å²) in [5.41, 5.74) is 1.72. The minimum absolute atomic E-state index is 0.0166. The quantitative estimate of drug-likeness (QED) is 0.700. The topological polar surface area (TPSA) is 118 Å². The largest absolute Gasteiger partial charge is 0.490 e. The van der Waals surface area contributed by atoms with Crippen LogP contribution in [0.25, 0.3) is 0 Å². The third-order valence-corrected chi connectivity index (χ3v) is 5.38. The van der Waals surface area contributed by atoms with Crippen molar-refractivity contribution in [1.29, 1.82) is 0 Å². The second-order valence-corrected chi connectivity index (χ2v) is 7.77. The summed E-state index contributed by atoms with van der Waals surface area (Å²) in [7, 11) is 0. The van der Waals surface area contributed by atoms with E-state index in [9.17, 15) is 18.0 Å². The molecule has 1 aliphatic heterocycles. The predicted octanol–water partition coefficient (Wildman–Crippen LogP) is 3.68. The molecule has 3 heterocycles. The third-order valence-electron chi connectivity index (χ3n) is 5.38. The van der Waals surface area contributed by atoms with Crippen LogP contribution in [0.3, 0.4) is 0 Å². The lowest BCUT2D eigenvalue weighted by atomic mass is 9.95. The van der Waals surface area contributed by atoms with E-state index in [2.05, 4.69) is 15.5 Å². The molecule has 0 saturated heterocycles. The molecule has 0 atom stereocenters. The third kappa shape index (κ3) is 7.09. The SMILES string of the molecule is O=C(NC1CCCCC1)N1CCc2onc(COc3cccnc3)c2C1.O=C(O)C(F)(F)F. The van der Waals surface area contributed by atoms with Gasteiger partial charge in [0.2, 0.25) is 0 Å². The summed E-state index contributed by atoms with van der Waals surface area (Å²) in [6, 6.07) is 4.00. The molecular formula is C21H25F3N4O5. The van der Waals surface area contributed by atoms with E-state index < -0.39 is 12.1 Å². The van der Waals surface area contributed by atoms with Gasteiger partial charge in [0, 0.05) is 30.8 Å². The molecule has 1 saturated carbocycles. The van der Waals surface area contributed by atoms with Gasteiger partial charge in [-0.15, -0.1) is 0 Å². The standard InChI is InChI=1S/C19H24N4O3.C2HF3O2/c24-19(21-14-5-2-1-3-6-14)23-10-8-18-16(12-23)17(22-26-18)13-25-15-7-4-9-20-11-15;3-2(4,5)1(6)7/h4,7,9,11,14H,1-3,5-6,8,10,12-13H2,(H,21,24);(H,6,7). The molecule has 2 aliphatic rings. The molecule has 2 N–H and O–H groups in total. The van der Waals surface area contributed by atoms with E-state index in [1.807, 2.05) is 17.0 Å². The summed E-state index contributed by atoms with van der Waals surface area (Å²) in [6.07, 6.45) is 4.83. The molecule has 1 fully saturated rings. The summed E-state index contributed by atoms with van der Waals surface area (Å²) in [5, 5.41) is 14.5. The minimum Gasteiger partial charge on any atom is -0.486 e. The minimum atomic E-state index is -5.08. The highest BCUT2D eigenvalue weighted by atomic mass is 19.4. The highest BCUT2D eigenvalue weighted by molar-refractivity contribution is 5.75. The number of amides is 2. The molecule has 0 spiro atoms. The fourth-order valence-electron chi connectivity index (χ4n) is 3.65. The number of pyridine rings is 1. The van der Waals surface area contributed by atoms with Crippen LogP contribution in [0.5, 0.6) is 5.75 Å². The maximum Gasteiger partial charge on any atom is 0.490 e. The molecule has 12 heteroatoms. The number of ether oxygens (including phenoxy) is 1. The van der Waals surface area contributed by atoms with E-state index >= 15 is 0 Å². The Hall–Kier alpha value is -3.31. The molecule has 0 bridgehead atoms. The number of halogens is 3. The Kier molecular flexibility index (Phi) is 8.12. The smallest absolute Gasteiger partial charge is 0.486 e. The zero-order valence-corrected chi connectivity index (χ0v) is 17.8. The second kappa shape index (κ2) is 11.0. The number of fused-ring (bicyclic) bond motifs is 1. The number of carboxylic acids is 1. The zero-order chi connectivity index (χ0) is 23.8. The van der Waals surface area contributed by atoms with Crippen molar-refractivity contribution in [2.75, 3.05) is 6.54 Å². The lowest BCUT2D eigenvalue weighted by Crippen LogP contribution is -2.47. The van der Waals surface area contributed by atoms with Crippen LogP contribution >= 0.6 is 0 Å². The van der Waals surface area contributed by atoms with Gasteiger partial charge in [-0.25, -0.2) is 9.59 Å². The van der Waals surface area contributed by atoms with Crippen molar-refractivity contribution in [3.8, 4) is 5.75 Å². The predicted molar refractivity (Wildman–Crippen MR) is 108 cm³/mol. The van der Waals surface area contributed by atoms with Crippen LogP contribution in [0, 0.1) is 0 Å². The Morgan fingerprint density at radius 1 is 1.27 bits per heavy atom. The molecule has 4 rings (SSSR count). The van der Waals surface area contributed by atoms with Gasteiger partial charge < -0.3 is 24.6 Å². The van der Waals surface area contributed by atoms with Crippen molar-refractivity contribution in [2.24, 2.45) is 0 Å². The Morgan fingerprint density at radius 2 is 2.00 bits per heavy atom. The lowest BCUT2D eigenvalue weighted by molar-refractivity contribution is -0.192. The lowest BCUT2D eigenvalue weighted by Gasteiger charge is -2.30. The summed E-state index contributed by atoms with van der Waals surface area (Å²) < 4.78 is 42.9. The average molecular weight is 470 g/mol. The van der Waals surface area contributed by atoms with E-state index in [0.717, 1.165) is 29.9 Å². The number of carbonyl (C=O) groups excluding carboxylic acids is 1. The number of hydrogen-bond acceptors (Lipinski definition) is 6.